The molecule has 1 fully saturated rings. The molecule has 2 rings (SSSR count). The molecular weight excluding hydrogens is 598 g/mol. The van der Waals surface area contributed by atoms with Gasteiger partial charge in [0.1, 0.15) is 6.04 Å². The molecule has 0 radical (unpaired) electrons. The van der Waals surface area contributed by atoms with Gasteiger partial charge < -0.3 is 35.2 Å². The lowest BCUT2D eigenvalue weighted by Crippen LogP contribution is -2.58. The molecular formula is C36H61N5O6. The number of benzene rings is 1. The van der Waals surface area contributed by atoms with E-state index in [9.17, 15) is 19.2 Å². The summed E-state index contributed by atoms with van der Waals surface area (Å²) in [5.41, 5.74) is 1.15. The van der Waals surface area contributed by atoms with Crippen molar-refractivity contribution in [3.8, 4) is 0 Å². The van der Waals surface area contributed by atoms with Crippen LogP contribution in [0.25, 0.3) is 0 Å². The number of nitrogens with zero attached hydrogens (tertiary/aromatic N) is 2. The summed E-state index contributed by atoms with van der Waals surface area (Å²) in [6.07, 6.45) is 2.80. The summed E-state index contributed by atoms with van der Waals surface area (Å²) in [6, 6.07) is 8.66. The van der Waals surface area contributed by atoms with Crippen LogP contribution in [-0.4, -0.2) is 112 Å². The lowest BCUT2D eigenvalue weighted by atomic mass is 9.89. The Morgan fingerprint density at radius 3 is 2.23 bits per heavy atom. The standard InChI is InChI=1S/C36H61N5O6/c1-10-24(3)32(39-30(42)23-37-6)36(45)40(7)33(25(4)11-2)29(46-8)22-31(43)41-21-15-18-28(41)34(47-9)26(5)35(44)38-20-19-27-16-13-12-14-17-27/h12-14,16-17,24-26,28-29,32-34,37H,10-11,15,18-23H2,1-9H3,(H,38,44)(H,39,42). The molecule has 11 nitrogen and oxygen atoms in total. The van der Waals surface area contributed by atoms with Crippen molar-refractivity contribution in [1.29, 1.82) is 0 Å². The molecule has 0 saturated carbocycles. The van der Waals surface area contributed by atoms with Crippen LogP contribution in [-0.2, 0) is 35.1 Å². The Morgan fingerprint density at radius 1 is 1.00 bits per heavy atom. The third kappa shape index (κ3) is 11.3. The molecule has 47 heavy (non-hydrogen) atoms. The van der Waals surface area contributed by atoms with Gasteiger partial charge in [0.2, 0.25) is 23.6 Å². The highest BCUT2D eigenvalue weighted by Crippen LogP contribution is 2.29. The number of hydrogen-bond donors (Lipinski definition) is 3. The van der Waals surface area contributed by atoms with Crippen LogP contribution in [0.15, 0.2) is 30.3 Å². The number of likely N-dealkylation sites (tertiary alicyclic amines) is 1. The maximum absolute atomic E-state index is 14.0. The minimum Gasteiger partial charge on any atom is -0.379 e. The fraction of sp³-hybridized carbons (Fsp3) is 0.722. The zero-order valence-corrected chi connectivity index (χ0v) is 30.2. The smallest absolute Gasteiger partial charge is 0.245 e. The van der Waals surface area contributed by atoms with E-state index in [1.54, 1.807) is 33.2 Å². The molecule has 1 saturated heterocycles. The predicted octanol–water partition coefficient (Wildman–Crippen LogP) is 3.02. The predicted molar refractivity (Wildman–Crippen MR) is 185 cm³/mol. The van der Waals surface area contributed by atoms with Gasteiger partial charge in [0, 0.05) is 34.4 Å². The highest BCUT2D eigenvalue weighted by atomic mass is 16.5. The van der Waals surface area contributed by atoms with E-state index in [1.165, 1.54) is 0 Å². The third-order valence-electron chi connectivity index (χ3n) is 9.95. The van der Waals surface area contributed by atoms with Crippen LogP contribution in [0.5, 0.6) is 0 Å². The number of hydrogen-bond acceptors (Lipinski definition) is 7. The van der Waals surface area contributed by atoms with Gasteiger partial charge in [-0.15, -0.1) is 0 Å². The van der Waals surface area contributed by atoms with E-state index in [0.717, 1.165) is 31.2 Å². The van der Waals surface area contributed by atoms with Crippen molar-refractivity contribution in [2.24, 2.45) is 17.8 Å². The molecule has 0 aromatic heterocycles. The Labute approximate surface area is 282 Å². The van der Waals surface area contributed by atoms with Crippen molar-refractivity contribution in [1.82, 2.24) is 25.8 Å². The van der Waals surface area contributed by atoms with E-state index in [-0.39, 0.29) is 54.5 Å². The first-order valence-corrected chi connectivity index (χ1v) is 17.3. The second-order valence-corrected chi connectivity index (χ2v) is 13.1. The van der Waals surface area contributed by atoms with Gasteiger partial charge in [0.15, 0.2) is 0 Å². The van der Waals surface area contributed by atoms with Crippen LogP contribution in [0.3, 0.4) is 0 Å². The van der Waals surface area contributed by atoms with Gasteiger partial charge in [0.25, 0.3) is 0 Å². The van der Waals surface area contributed by atoms with Crippen LogP contribution in [0.4, 0.5) is 0 Å². The Morgan fingerprint density at radius 2 is 1.66 bits per heavy atom. The summed E-state index contributed by atoms with van der Waals surface area (Å²) in [4.78, 5) is 57.2. The molecule has 8 unspecified atom stereocenters. The van der Waals surface area contributed by atoms with Gasteiger partial charge in [-0.25, -0.2) is 0 Å². The number of nitrogens with one attached hydrogen (secondary N) is 3. The molecule has 1 heterocycles. The molecule has 1 aromatic rings. The highest BCUT2D eigenvalue weighted by molar-refractivity contribution is 5.89. The summed E-state index contributed by atoms with van der Waals surface area (Å²) in [5, 5.41) is 8.79. The second-order valence-electron chi connectivity index (χ2n) is 13.1. The number of methoxy groups -OCH3 is 2. The van der Waals surface area contributed by atoms with E-state index in [0.29, 0.717) is 19.5 Å². The van der Waals surface area contributed by atoms with Gasteiger partial charge >= 0.3 is 0 Å². The monoisotopic (exact) mass is 659 g/mol. The summed E-state index contributed by atoms with van der Waals surface area (Å²) in [7, 11) is 6.61. The number of carbonyl (C=O) groups excluding carboxylic acids is 4. The largest absolute Gasteiger partial charge is 0.379 e. The number of carbonyl (C=O) groups is 4. The van der Waals surface area contributed by atoms with E-state index in [2.05, 4.69) is 29.8 Å². The average molecular weight is 660 g/mol. The Bertz CT molecular complexity index is 1120. The van der Waals surface area contributed by atoms with Crippen molar-refractivity contribution in [3.63, 3.8) is 0 Å². The summed E-state index contributed by atoms with van der Waals surface area (Å²) in [5.74, 6) is -1.16. The Balaban J connectivity index is 2.19. The fourth-order valence-corrected chi connectivity index (χ4v) is 6.73. The van der Waals surface area contributed by atoms with Crippen molar-refractivity contribution in [2.75, 3.05) is 47.9 Å². The normalized spacial score (nSPS) is 19.2. The Hall–Kier alpha value is -3.02. The van der Waals surface area contributed by atoms with Crippen LogP contribution in [0.1, 0.15) is 72.3 Å². The first-order valence-electron chi connectivity index (χ1n) is 17.3. The van der Waals surface area contributed by atoms with Gasteiger partial charge in [-0.3, -0.25) is 19.2 Å². The molecule has 3 N–H and O–H groups in total. The highest BCUT2D eigenvalue weighted by Gasteiger charge is 2.42. The van der Waals surface area contributed by atoms with Gasteiger partial charge in [-0.1, -0.05) is 77.8 Å². The maximum atomic E-state index is 14.0. The molecule has 1 aliphatic rings. The molecule has 8 atom stereocenters. The summed E-state index contributed by atoms with van der Waals surface area (Å²) < 4.78 is 11.9. The lowest BCUT2D eigenvalue weighted by molar-refractivity contribution is -0.147. The molecule has 1 aromatic carbocycles. The Kier molecular flexibility index (Phi) is 17.4. The van der Waals surface area contributed by atoms with Crippen molar-refractivity contribution in [3.05, 3.63) is 35.9 Å². The summed E-state index contributed by atoms with van der Waals surface area (Å²) in [6.45, 7) is 11.1. The third-order valence-corrected chi connectivity index (χ3v) is 9.95. The van der Waals surface area contributed by atoms with Crippen LogP contribution in [0, 0.1) is 17.8 Å². The van der Waals surface area contributed by atoms with Crippen LogP contribution < -0.4 is 16.0 Å². The topological polar surface area (TPSA) is 129 Å². The minimum atomic E-state index is -0.698. The fourth-order valence-electron chi connectivity index (χ4n) is 6.73. The van der Waals surface area contributed by atoms with E-state index in [1.807, 2.05) is 56.0 Å². The molecule has 11 heteroatoms. The number of rotatable bonds is 20. The first-order chi connectivity index (χ1) is 22.4. The minimum absolute atomic E-state index is 0.0213. The molecule has 1 aliphatic heterocycles. The zero-order chi connectivity index (χ0) is 35.1. The van der Waals surface area contributed by atoms with E-state index < -0.39 is 30.2 Å². The maximum Gasteiger partial charge on any atom is 0.245 e. The first kappa shape index (κ1) is 40.2. The second kappa shape index (κ2) is 20.4. The van der Waals surface area contributed by atoms with Gasteiger partial charge in [0.05, 0.1) is 43.2 Å². The van der Waals surface area contributed by atoms with E-state index in [4.69, 9.17) is 9.47 Å². The van der Waals surface area contributed by atoms with Crippen molar-refractivity contribution >= 4 is 23.6 Å². The zero-order valence-electron chi connectivity index (χ0n) is 30.2. The molecule has 0 spiro atoms. The molecule has 0 aliphatic carbocycles. The average Bonchev–Trinajstić information content (AvgIpc) is 3.56. The van der Waals surface area contributed by atoms with Crippen LogP contribution >= 0.6 is 0 Å². The van der Waals surface area contributed by atoms with E-state index >= 15 is 0 Å². The number of amides is 4. The molecule has 0 bridgehead atoms. The SMILES string of the molecule is CCC(C)C(NC(=O)CNC)C(=O)N(C)C(C(C)CC)C(CC(=O)N1CCCC1C(OC)C(C)C(=O)NCCc1ccccc1)OC. The van der Waals surface area contributed by atoms with Crippen molar-refractivity contribution < 1.29 is 28.7 Å². The molecule has 4 amide bonds. The van der Waals surface area contributed by atoms with Gasteiger partial charge in [-0.05, 0) is 43.7 Å². The lowest BCUT2D eigenvalue weighted by Gasteiger charge is -2.41. The number of ether oxygens (including phenoxy) is 2. The quantitative estimate of drug-likeness (QED) is 0.196. The van der Waals surface area contributed by atoms with Crippen LogP contribution in [0.2, 0.25) is 0 Å². The van der Waals surface area contributed by atoms with Gasteiger partial charge in [-0.2, -0.15) is 0 Å². The number of likely N-dealkylation sites (N-methyl/N-ethyl adjacent to an activating group) is 2. The summed E-state index contributed by atoms with van der Waals surface area (Å²) >= 11 is 0. The van der Waals surface area contributed by atoms with Crippen molar-refractivity contribution in [2.45, 2.75) is 103 Å². The molecule has 266 valence electrons.